The number of hydrogen-bond donors (Lipinski definition) is 0. The zero-order valence-electron chi connectivity index (χ0n) is 13.1. The zero-order valence-corrected chi connectivity index (χ0v) is 13.1. The molecule has 1 aromatic carbocycles. The zero-order chi connectivity index (χ0) is 15.3. The van der Waals surface area contributed by atoms with Gasteiger partial charge in [0.15, 0.2) is 0 Å². The van der Waals surface area contributed by atoms with E-state index in [1.54, 1.807) is 11.0 Å². The van der Waals surface area contributed by atoms with E-state index in [-0.39, 0.29) is 18.3 Å². The molecule has 1 aromatic heterocycles. The fourth-order valence-electron chi connectivity index (χ4n) is 2.23. The van der Waals surface area contributed by atoms with E-state index in [1.807, 2.05) is 31.2 Å². The van der Waals surface area contributed by atoms with Gasteiger partial charge in [-0.2, -0.15) is 5.10 Å². The molecule has 1 fully saturated rings. The normalized spacial score (nSPS) is 20.0. The van der Waals surface area contributed by atoms with Gasteiger partial charge in [0, 0.05) is 0 Å². The Kier molecular flexibility index (Phi) is 3.18. The minimum atomic E-state index is -0.332. The van der Waals surface area contributed by atoms with Crippen molar-refractivity contribution >= 4 is 12.6 Å². The van der Waals surface area contributed by atoms with Gasteiger partial charge in [0.25, 0.3) is 0 Å². The predicted molar refractivity (Wildman–Crippen MR) is 81.8 cm³/mol. The van der Waals surface area contributed by atoms with Crippen LogP contribution >= 0.6 is 0 Å². The van der Waals surface area contributed by atoms with Crippen LogP contribution in [-0.4, -0.2) is 33.1 Å². The van der Waals surface area contributed by atoms with Crippen molar-refractivity contribution in [3.8, 4) is 5.69 Å². The molecule has 1 aliphatic rings. The van der Waals surface area contributed by atoms with E-state index in [0.29, 0.717) is 0 Å². The Morgan fingerprint density at radius 1 is 1.00 bits per heavy atom. The van der Waals surface area contributed by atoms with Gasteiger partial charge in [0.2, 0.25) is 0 Å². The summed E-state index contributed by atoms with van der Waals surface area (Å²) in [7, 11) is -0.332. The molecule has 110 valence electrons. The number of aryl methyl sites for hydroxylation is 1. The summed E-state index contributed by atoms with van der Waals surface area (Å²) in [5.41, 5.74) is 1.34. The summed E-state index contributed by atoms with van der Waals surface area (Å²) in [5, 5.41) is 4.30. The quantitative estimate of drug-likeness (QED) is 0.790. The summed E-state index contributed by atoms with van der Waals surface area (Å²) in [4.78, 5) is 4.13. The molecule has 0 N–H and O–H groups in total. The largest absolute Gasteiger partial charge is 0.494 e. The van der Waals surface area contributed by atoms with Crippen LogP contribution in [0, 0.1) is 6.92 Å². The molecule has 0 atom stereocenters. The lowest BCUT2D eigenvalue weighted by Crippen LogP contribution is -2.41. The fourth-order valence-corrected chi connectivity index (χ4v) is 2.23. The topological polar surface area (TPSA) is 49.2 Å². The van der Waals surface area contributed by atoms with E-state index in [0.717, 1.165) is 17.0 Å². The molecule has 0 radical (unpaired) electrons. The molecule has 21 heavy (non-hydrogen) atoms. The minimum absolute atomic E-state index is 0.320. The molecule has 6 heteroatoms. The van der Waals surface area contributed by atoms with Gasteiger partial charge in [0.05, 0.1) is 16.9 Å². The minimum Gasteiger partial charge on any atom is -0.399 e. The van der Waals surface area contributed by atoms with Gasteiger partial charge < -0.3 is 9.31 Å². The van der Waals surface area contributed by atoms with Crippen LogP contribution in [0.3, 0.4) is 0 Å². The molecule has 0 bridgehead atoms. The second-order valence-electron chi connectivity index (χ2n) is 6.42. The van der Waals surface area contributed by atoms with Gasteiger partial charge >= 0.3 is 7.12 Å². The molecule has 1 saturated heterocycles. The lowest BCUT2D eigenvalue weighted by atomic mass is 9.79. The Morgan fingerprint density at radius 3 is 2.05 bits per heavy atom. The highest BCUT2D eigenvalue weighted by Crippen LogP contribution is 2.36. The van der Waals surface area contributed by atoms with Gasteiger partial charge in [-0.3, -0.25) is 0 Å². The first-order valence-corrected chi connectivity index (χ1v) is 7.13. The summed E-state index contributed by atoms with van der Waals surface area (Å²) >= 11 is 0. The molecule has 0 saturated carbocycles. The van der Waals surface area contributed by atoms with Crippen LogP contribution < -0.4 is 5.46 Å². The maximum atomic E-state index is 6.04. The monoisotopic (exact) mass is 285 g/mol. The van der Waals surface area contributed by atoms with Crippen LogP contribution in [0.25, 0.3) is 5.69 Å². The first-order valence-electron chi connectivity index (χ1n) is 7.13. The average Bonchev–Trinajstić information content (AvgIpc) is 2.92. The van der Waals surface area contributed by atoms with Gasteiger partial charge in [-0.1, -0.05) is 12.1 Å². The molecule has 2 heterocycles. The van der Waals surface area contributed by atoms with Crippen LogP contribution in [0.1, 0.15) is 33.5 Å². The predicted octanol–water partition coefficient (Wildman–Crippen LogP) is 1.87. The maximum Gasteiger partial charge on any atom is 0.494 e. The third-order valence-corrected chi connectivity index (χ3v) is 4.29. The summed E-state index contributed by atoms with van der Waals surface area (Å²) in [6.45, 7) is 10.1. The third kappa shape index (κ3) is 2.49. The molecule has 0 amide bonds. The number of hydrogen-bond acceptors (Lipinski definition) is 4. The first kappa shape index (κ1) is 14.3. The third-order valence-electron chi connectivity index (χ3n) is 4.29. The van der Waals surface area contributed by atoms with Crippen molar-refractivity contribution in [2.75, 3.05) is 0 Å². The Hall–Kier alpha value is -1.66. The van der Waals surface area contributed by atoms with Crippen molar-refractivity contribution in [2.24, 2.45) is 0 Å². The van der Waals surface area contributed by atoms with E-state index in [1.165, 1.54) is 0 Å². The number of aromatic nitrogens is 3. The second-order valence-corrected chi connectivity index (χ2v) is 6.42. The van der Waals surface area contributed by atoms with E-state index >= 15 is 0 Å². The molecule has 1 aliphatic heterocycles. The smallest absolute Gasteiger partial charge is 0.399 e. The standard InChI is InChI=1S/C15H20BN3O2/c1-11-17-10-19(18-11)13-8-6-12(7-9-13)16-20-14(2,3)15(4,5)21-16/h6-10H,1-5H3. The SMILES string of the molecule is Cc1ncn(-c2ccc(B3OC(C)(C)C(C)(C)O3)cc2)n1. The summed E-state index contributed by atoms with van der Waals surface area (Å²) in [6.07, 6.45) is 1.71. The van der Waals surface area contributed by atoms with Crippen molar-refractivity contribution in [1.29, 1.82) is 0 Å². The van der Waals surface area contributed by atoms with Crippen molar-refractivity contribution in [1.82, 2.24) is 14.8 Å². The highest BCUT2D eigenvalue weighted by molar-refractivity contribution is 6.62. The van der Waals surface area contributed by atoms with Crippen LogP contribution in [0.15, 0.2) is 30.6 Å². The van der Waals surface area contributed by atoms with E-state index in [2.05, 4.69) is 37.8 Å². The van der Waals surface area contributed by atoms with Crippen LogP contribution in [0.5, 0.6) is 0 Å². The van der Waals surface area contributed by atoms with Crippen molar-refractivity contribution in [2.45, 2.75) is 45.8 Å². The van der Waals surface area contributed by atoms with Crippen LogP contribution in [-0.2, 0) is 9.31 Å². The molecule has 0 unspecified atom stereocenters. The molecule has 3 rings (SSSR count). The Morgan fingerprint density at radius 2 is 1.57 bits per heavy atom. The van der Waals surface area contributed by atoms with Gasteiger partial charge in [0.1, 0.15) is 12.2 Å². The first-order chi connectivity index (χ1) is 9.78. The van der Waals surface area contributed by atoms with Crippen molar-refractivity contribution < 1.29 is 9.31 Å². The van der Waals surface area contributed by atoms with Gasteiger partial charge in [-0.05, 0) is 52.2 Å². The average molecular weight is 285 g/mol. The lowest BCUT2D eigenvalue weighted by molar-refractivity contribution is 0.00578. The van der Waals surface area contributed by atoms with Crippen molar-refractivity contribution in [3.63, 3.8) is 0 Å². The number of nitrogens with zero attached hydrogens (tertiary/aromatic N) is 3. The molecule has 2 aromatic rings. The van der Waals surface area contributed by atoms with Gasteiger partial charge in [-0.15, -0.1) is 0 Å². The molecule has 0 spiro atoms. The Labute approximate surface area is 125 Å². The van der Waals surface area contributed by atoms with E-state index < -0.39 is 0 Å². The van der Waals surface area contributed by atoms with Crippen LogP contribution in [0.2, 0.25) is 0 Å². The van der Waals surface area contributed by atoms with E-state index in [9.17, 15) is 0 Å². The fraction of sp³-hybridized carbons (Fsp3) is 0.467. The van der Waals surface area contributed by atoms with Gasteiger partial charge in [-0.25, -0.2) is 9.67 Å². The number of benzene rings is 1. The van der Waals surface area contributed by atoms with Crippen molar-refractivity contribution in [3.05, 3.63) is 36.4 Å². The summed E-state index contributed by atoms with van der Waals surface area (Å²) in [6, 6.07) is 8.01. The highest BCUT2D eigenvalue weighted by atomic mass is 16.7. The maximum absolute atomic E-state index is 6.04. The molecule has 0 aliphatic carbocycles. The molecular formula is C15H20BN3O2. The summed E-state index contributed by atoms with van der Waals surface area (Å²) in [5.74, 6) is 0.755. The van der Waals surface area contributed by atoms with E-state index in [4.69, 9.17) is 9.31 Å². The second kappa shape index (κ2) is 4.68. The molecule has 5 nitrogen and oxygen atoms in total. The highest BCUT2D eigenvalue weighted by Gasteiger charge is 2.51. The number of rotatable bonds is 2. The Bertz CT molecular complexity index is 633. The Balaban J connectivity index is 1.83. The molecular weight excluding hydrogens is 265 g/mol. The van der Waals surface area contributed by atoms with Crippen LogP contribution in [0.4, 0.5) is 0 Å². The summed E-state index contributed by atoms with van der Waals surface area (Å²) < 4.78 is 13.8. The lowest BCUT2D eigenvalue weighted by Gasteiger charge is -2.32.